The molecule has 0 aliphatic carbocycles. The van der Waals surface area contributed by atoms with Gasteiger partial charge in [0.2, 0.25) is 0 Å². The molecule has 0 saturated carbocycles. The maximum Gasteiger partial charge on any atom is 0.259 e. The fourth-order valence-corrected chi connectivity index (χ4v) is 2.67. The number of aromatic nitrogens is 2. The van der Waals surface area contributed by atoms with Crippen molar-refractivity contribution in [3.8, 4) is 0 Å². The molecule has 1 aromatic heterocycles. The SMILES string of the molecule is Cc1nc(S(=O)(=O)NC(C)CBr)cn1C. The molecular formula is C8H14BrN3O2S. The van der Waals surface area contributed by atoms with E-state index in [1.165, 1.54) is 6.20 Å². The first-order valence-electron chi connectivity index (χ1n) is 4.45. The van der Waals surface area contributed by atoms with Crippen LogP contribution in [0, 0.1) is 6.92 Å². The summed E-state index contributed by atoms with van der Waals surface area (Å²) in [6.07, 6.45) is 1.50. The Balaban J connectivity index is 2.96. The highest BCUT2D eigenvalue weighted by atomic mass is 79.9. The van der Waals surface area contributed by atoms with Gasteiger partial charge < -0.3 is 4.57 Å². The number of halogens is 1. The van der Waals surface area contributed by atoms with E-state index in [4.69, 9.17) is 0 Å². The molecule has 0 amide bonds. The molecule has 1 unspecified atom stereocenters. The highest BCUT2D eigenvalue weighted by molar-refractivity contribution is 9.09. The van der Waals surface area contributed by atoms with Crippen molar-refractivity contribution in [2.75, 3.05) is 5.33 Å². The van der Waals surface area contributed by atoms with Gasteiger partial charge in [-0.15, -0.1) is 0 Å². The van der Waals surface area contributed by atoms with Crippen molar-refractivity contribution in [1.82, 2.24) is 14.3 Å². The zero-order chi connectivity index (χ0) is 11.6. The van der Waals surface area contributed by atoms with E-state index in [1.54, 1.807) is 25.5 Å². The third kappa shape index (κ3) is 3.02. The standard InChI is InChI=1S/C8H14BrN3O2S/c1-6(4-9)11-15(13,14)8-5-12(3)7(2)10-8/h5-6,11H,4H2,1-3H3. The van der Waals surface area contributed by atoms with Gasteiger partial charge in [0.1, 0.15) is 5.82 Å². The minimum Gasteiger partial charge on any atom is -0.337 e. The fourth-order valence-electron chi connectivity index (χ4n) is 1.01. The van der Waals surface area contributed by atoms with Crippen LogP contribution in [0.5, 0.6) is 0 Å². The van der Waals surface area contributed by atoms with Gasteiger partial charge in [-0.3, -0.25) is 0 Å². The van der Waals surface area contributed by atoms with E-state index >= 15 is 0 Å². The normalized spacial score (nSPS) is 14.1. The summed E-state index contributed by atoms with van der Waals surface area (Å²) >= 11 is 3.21. The molecule has 0 saturated heterocycles. The van der Waals surface area contributed by atoms with E-state index in [0.717, 1.165) is 0 Å². The molecule has 1 heterocycles. The van der Waals surface area contributed by atoms with Crippen LogP contribution in [0.15, 0.2) is 11.2 Å². The van der Waals surface area contributed by atoms with Crippen LogP contribution in [0.3, 0.4) is 0 Å². The van der Waals surface area contributed by atoms with Gasteiger partial charge in [0.25, 0.3) is 10.0 Å². The number of hydrogen-bond acceptors (Lipinski definition) is 3. The summed E-state index contributed by atoms with van der Waals surface area (Å²) in [4.78, 5) is 3.97. The van der Waals surface area contributed by atoms with E-state index in [9.17, 15) is 8.42 Å². The van der Waals surface area contributed by atoms with Crippen molar-refractivity contribution in [2.24, 2.45) is 7.05 Å². The Bertz CT molecular complexity index is 421. The van der Waals surface area contributed by atoms with Crippen LogP contribution in [0.1, 0.15) is 12.7 Å². The maximum atomic E-state index is 11.8. The molecule has 15 heavy (non-hydrogen) atoms. The second-order valence-electron chi connectivity index (χ2n) is 3.41. The molecule has 0 spiro atoms. The van der Waals surface area contributed by atoms with Gasteiger partial charge in [-0.25, -0.2) is 18.1 Å². The van der Waals surface area contributed by atoms with Crippen LogP contribution in [0.25, 0.3) is 0 Å². The molecule has 0 fully saturated rings. The van der Waals surface area contributed by atoms with Gasteiger partial charge in [0.15, 0.2) is 5.03 Å². The van der Waals surface area contributed by atoms with Gasteiger partial charge in [0.05, 0.1) is 0 Å². The molecule has 1 aromatic rings. The lowest BCUT2D eigenvalue weighted by molar-refractivity contribution is 0.568. The Morgan fingerprint density at radius 1 is 1.67 bits per heavy atom. The molecule has 1 N–H and O–H groups in total. The van der Waals surface area contributed by atoms with Crippen molar-refractivity contribution in [3.63, 3.8) is 0 Å². The van der Waals surface area contributed by atoms with E-state index in [2.05, 4.69) is 25.6 Å². The predicted molar refractivity (Wildman–Crippen MR) is 61.5 cm³/mol. The number of imidazole rings is 1. The smallest absolute Gasteiger partial charge is 0.259 e. The Labute approximate surface area is 98.1 Å². The molecular weight excluding hydrogens is 282 g/mol. The lowest BCUT2D eigenvalue weighted by Crippen LogP contribution is -2.33. The summed E-state index contributed by atoms with van der Waals surface area (Å²) in [7, 11) is -1.73. The molecule has 0 aliphatic rings. The Morgan fingerprint density at radius 2 is 2.27 bits per heavy atom. The topological polar surface area (TPSA) is 64.0 Å². The number of sulfonamides is 1. The Morgan fingerprint density at radius 3 is 2.67 bits per heavy atom. The van der Waals surface area contributed by atoms with Gasteiger partial charge in [-0.1, -0.05) is 15.9 Å². The van der Waals surface area contributed by atoms with Crippen molar-refractivity contribution in [3.05, 3.63) is 12.0 Å². The Kier molecular flexibility index (Phi) is 3.91. The van der Waals surface area contributed by atoms with Crippen LogP contribution in [-0.4, -0.2) is 29.3 Å². The average molecular weight is 296 g/mol. The minimum absolute atomic E-state index is 0.0651. The van der Waals surface area contributed by atoms with Crippen LogP contribution in [-0.2, 0) is 17.1 Å². The lowest BCUT2D eigenvalue weighted by Gasteiger charge is -2.08. The molecule has 1 rings (SSSR count). The summed E-state index contributed by atoms with van der Waals surface area (Å²) in [6.45, 7) is 3.54. The first kappa shape index (κ1) is 12.7. The molecule has 0 aliphatic heterocycles. The van der Waals surface area contributed by atoms with Gasteiger partial charge >= 0.3 is 0 Å². The number of hydrogen-bond donors (Lipinski definition) is 1. The summed E-state index contributed by atoms with van der Waals surface area (Å²) in [6, 6.07) is -0.155. The van der Waals surface area contributed by atoms with Gasteiger partial charge in [-0.05, 0) is 13.8 Å². The van der Waals surface area contributed by atoms with Crippen LogP contribution >= 0.6 is 15.9 Å². The molecule has 86 valence electrons. The van der Waals surface area contributed by atoms with E-state index in [0.29, 0.717) is 11.2 Å². The molecule has 0 radical (unpaired) electrons. The quantitative estimate of drug-likeness (QED) is 0.836. The van der Waals surface area contributed by atoms with Gasteiger partial charge in [0, 0.05) is 24.6 Å². The predicted octanol–water partition coefficient (Wildman–Crippen LogP) is 0.790. The van der Waals surface area contributed by atoms with Crippen LogP contribution in [0.4, 0.5) is 0 Å². The highest BCUT2D eigenvalue weighted by Crippen LogP contribution is 2.08. The summed E-state index contributed by atoms with van der Waals surface area (Å²) in [5.74, 6) is 0.668. The summed E-state index contributed by atoms with van der Waals surface area (Å²) in [5, 5.41) is 0.633. The third-order valence-corrected chi connectivity index (χ3v) is 4.38. The van der Waals surface area contributed by atoms with Crippen LogP contribution < -0.4 is 4.72 Å². The number of rotatable bonds is 4. The number of nitrogens with one attached hydrogen (secondary N) is 1. The van der Waals surface area contributed by atoms with Crippen LogP contribution in [0.2, 0.25) is 0 Å². The molecule has 7 heteroatoms. The minimum atomic E-state index is -3.49. The van der Waals surface area contributed by atoms with Crippen molar-refractivity contribution in [1.29, 1.82) is 0 Å². The van der Waals surface area contributed by atoms with Crippen molar-refractivity contribution < 1.29 is 8.42 Å². The largest absolute Gasteiger partial charge is 0.337 e. The zero-order valence-electron chi connectivity index (χ0n) is 8.86. The van der Waals surface area contributed by atoms with E-state index in [-0.39, 0.29) is 11.1 Å². The highest BCUT2D eigenvalue weighted by Gasteiger charge is 2.20. The third-order valence-electron chi connectivity index (χ3n) is 1.95. The monoisotopic (exact) mass is 295 g/mol. The average Bonchev–Trinajstić information content (AvgIpc) is 2.47. The Hall–Kier alpha value is -0.400. The van der Waals surface area contributed by atoms with E-state index < -0.39 is 10.0 Å². The molecule has 5 nitrogen and oxygen atoms in total. The molecule has 1 atom stereocenters. The number of alkyl halides is 1. The first-order valence-corrected chi connectivity index (χ1v) is 7.05. The van der Waals surface area contributed by atoms with Crippen molar-refractivity contribution in [2.45, 2.75) is 24.9 Å². The van der Waals surface area contributed by atoms with Gasteiger partial charge in [-0.2, -0.15) is 0 Å². The summed E-state index contributed by atoms with van der Waals surface area (Å²) in [5.41, 5.74) is 0. The number of nitrogens with zero attached hydrogens (tertiary/aromatic N) is 2. The first-order chi connectivity index (χ1) is 6.86. The van der Waals surface area contributed by atoms with Crippen molar-refractivity contribution >= 4 is 26.0 Å². The molecule has 0 bridgehead atoms. The zero-order valence-corrected chi connectivity index (χ0v) is 11.3. The maximum absolute atomic E-state index is 11.8. The summed E-state index contributed by atoms with van der Waals surface area (Å²) < 4.78 is 27.7. The lowest BCUT2D eigenvalue weighted by atomic mass is 10.4. The van der Waals surface area contributed by atoms with E-state index in [1.807, 2.05) is 0 Å². The second kappa shape index (κ2) is 4.63. The second-order valence-corrected chi connectivity index (χ2v) is 5.72. The fraction of sp³-hybridized carbons (Fsp3) is 0.625. The number of aryl methyl sites for hydroxylation is 2. The molecule has 0 aromatic carbocycles.